The number of halogens is 1. The molecule has 1 heterocycles. The van der Waals surface area contributed by atoms with Crippen LogP contribution < -0.4 is 4.74 Å². The van der Waals surface area contributed by atoms with E-state index in [0.29, 0.717) is 19.0 Å². The van der Waals surface area contributed by atoms with Gasteiger partial charge in [0, 0.05) is 12.8 Å². The number of benzene rings is 1. The van der Waals surface area contributed by atoms with Crippen LogP contribution in [-0.4, -0.2) is 19.3 Å². The van der Waals surface area contributed by atoms with Crippen LogP contribution in [-0.2, 0) is 4.74 Å². The highest BCUT2D eigenvalue weighted by molar-refractivity contribution is 5.23. The molecule has 1 aliphatic heterocycles. The molecule has 1 saturated heterocycles. The summed E-state index contributed by atoms with van der Waals surface area (Å²) in [7, 11) is 0. The molecule has 1 fully saturated rings. The minimum Gasteiger partial charge on any atom is -0.487 e. The standard InChI is InChI=1S/C11H12FO2/c12-10-3-1-2-4-11(10)14-9-5-7-13-8-6-9/h1,3-4,9H,5-8H2. The van der Waals surface area contributed by atoms with Gasteiger partial charge in [-0.15, -0.1) is 0 Å². The summed E-state index contributed by atoms with van der Waals surface area (Å²) in [6.07, 6.45) is 1.73. The summed E-state index contributed by atoms with van der Waals surface area (Å²) in [5, 5.41) is 0. The third kappa shape index (κ3) is 2.23. The molecule has 0 unspecified atom stereocenters. The molecule has 0 saturated carbocycles. The Morgan fingerprint density at radius 3 is 2.93 bits per heavy atom. The van der Waals surface area contributed by atoms with Crippen LogP contribution in [0.1, 0.15) is 12.8 Å². The van der Waals surface area contributed by atoms with E-state index in [0.717, 1.165) is 12.8 Å². The Morgan fingerprint density at radius 1 is 1.43 bits per heavy atom. The second-order valence-electron chi connectivity index (χ2n) is 3.29. The molecule has 1 radical (unpaired) electrons. The number of rotatable bonds is 2. The number of hydrogen-bond acceptors (Lipinski definition) is 2. The Balaban J connectivity index is 1.99. The molecule has 0 spiro atoms. The summed E-state index contributed by atoms with van der Waals surface area (Å²) in [5.74, 6) is -0.0327. The van der Waals surface area contributed by atoms with Crippen LogP contribution in [0.5, 0.6) is 5.75 Å². The lowest BCUT2D eigenvalue weighted by Gasteiger charge is -2.23. The van der Waals surface area contributed by atoms with Gasteiger partial charge in [0.05, 0.1) is 13.2 Å². The van der Waals surface area contributed by atoms with Crippen LogP contribution in [0.15, 0.2) is 18.2 Å². The van der Waals surface area contributed by atoms with Gasteiger partial charge in [-0.3, -0.25) is 0 Å². The summed E-state index contributed by atoms with van der Waals surface area (Å²) in [5.41, 5.74) is 0. The average molecular weight is 195 g/mol. The monoisotopic (exact) mass is 195 g/mol. The molecule has 1 aromatic rings. The maximum absolute atomic E-state index is 13.2. The van der Waals surface area contributed by atoms with E-state index in [9.17, 15) is 4.39 Å². The fraction of sp³-hybridized carbons (Fsp3) is 0.455. The first kappa shape index (κ1) is 9.46. The van der Waals surface area contributed by atoms with Gasteiger partial charge in [0.1, 0.15) is 6.10 Å². The van der Waals surface area contributed by atoms with Crippen molar-refractivity contribution < 1.29 is 13.9 Å². The molecule has 75 valence electrons. The SMILES string of the molecule is Fc1cc[c]cc1OC1CCOCC1. The van der Waals surface area contributed by atoms with Crippen molar-refractivity contribution in [2.45, 2.75) is 18.9 Å². The molecular weight excluding hydrogens is 183 g/mol. The van der Waals surface area contributed by atoms with Crippen molar-refractivity contribution in [1.82, 2.24) is 0 Å². The molecule has 0 aromatic heterocycles. The first-order valence-corrected chi connectivity index (χ1v) is 4.76. The lowest BCUT2D eigenvalue weighted by Crippen LogP contribution is -2.26. The molecule has 2 rings (SSSR count). The number of hydrogen-bond donors (Lipinski definition) is 0. The largest absolute Gasteiger partial charge is 0.487 e. The van der Waals surface area contributed by atoms with Crippen molar-refractivity contribution in [2.75, 3.05) is 13.2 Å². The van der Waals surface area contributed by atoms with Crippen molar-refractivity contribution in [1.29, 1.82) is 0 Å². The molecule has 1 aromatic carbocycles. The summed E-state index contributed by atoms with van der Waals surface area (Å²) >= 11 is 0. The van der Waals surface area contributed by atoms with Gasteiger partial charge >= 0.3 is 0 Å². The molecule has 0 bridgehead atoms. The quantitative estimate of drug-likeness (QED) is 0.720. The van der Waals surface area contributed by atoms with Crippen LogP contribution in [0.2, 0.25) is 0 Å². The van der Waals surface area contributed by atoms with Gasteiger partial charge in [-0.2, -0.15) is 0 Å². The Bertz CT molecular complexity index is 295. The topological polar surface area (TPSA) is 18.5 Å². The van der Waals surface area contributed by atoms with Crippen LogP contribution in [0.4, 0.5) is 4.39 Å². The zero-order valence-electron chi connectivity index (χ0n) is 7.83. The fourth-order valence-electron chi connectivity index (χ4n) is 1.46. The van der Waals surface area contributed by atoms with E-state index < -0.39 is 0 Å². The molecule has 3 heteroatoms. The second kappa shape index (κ2) is 4.42. The third-order valence-electron chi connectivity index (χ3n) is 2.24. The Hall–Kier alpha value is -1.09. The Morgan fingerprint density at radius 2 is 2.21 bits per heavy atom. The Kier molecular flexibility index (Phi) is 2.99. The van der Waals surface area contributed by atoms with Gasteiger partial charge < -0.3 is 9.47 Å². The van der Waals surface area contributed by atoms with Crippen LogP contribution in [0.25, 0.3) is 0 Å². The minimum absolute atomic E-state index is 0.0778. The Labute approximate surface area is 82.6 Å². The molecule has 0 N–H and O–H groups in total. The van der Waals surface area contributed by atoms with Crippen molar-refractivity contribution in [2.24, 2.45) is 0 Å². The minimum atomic E-state index is -0.324. The summed E-state index contributed by atoms with van der Waals surface area (Å²) < 4.78 is 23.9. The van der Waals surface area contributed by atoms with E-state index in [1.165, 1.54) is 18.2 Å². The molecule has 0 aliphatic carbocycles. The van der Waals surface area contributed by atoms with Crippen molar-refractivity contribution in [3.63, 3.8) is 0 Å². The van der Waals surface area contributed by atoms with E-state index in [2.05, 4.69) is 6.07 Å². The summed E-state index contributed by atoms with van der Waals surface area (Å²) in [6.45, 7) is 1.39. The van der Waals surface area contributed by atoms with Crippen LogP contribution in [0.3, 0.4) is 0 Å². The third-order valence-corrected chi connectivity index (χ3v) is 2.24. The lowest BCUT2D eigenvalue weighted by molar-refractivity contribution is 0.0240. The molecular formula is C11H12FO2. The predicted octanol–water partition coefficient (Wildman–Crippen LogP) is 2.18. The van der Waals surface area contributed by atoms with Crippen LogP contribution in [0, 0.1) is 11.9 Å². The zero-order valence-corrected chi connectivity index (χ0v) is 7.83. The van der Waals surface area contributed by atoms with Gasteiger partial charge in [0.2, 0.25) is 0 Å². The van der Waals surface area contributed by atoms with Gasteiger partial charge in [-0.05, 0) is 18.2 Å². The highest BCUT2D eigenvalue weighted by Crippen LogP contribution is 2.20. The molecule has 0 amide bonds. The molecule has 1 aliphatic rings. The smallest absolute Gasteiger partial charge is 0.165 e. The average Bonchev–Trinajstić information content (AvgIpc) is 2.23. The second-order valence-corrected chi connectivity index (χ2v) is 3.29. The maximum atomic E-state index is 13.2. The predicted molar refractivity (Wildman–Crippen MR) is 49.7 cm³/mol. The first-order chi connectivity index (χ1) is 6.86. The molecule has 0 atom stereocenters. The van der Waals surface area contributed by atoms with Gasteiger partial charge in [0.15, 0.2) is 11.6 Å². The van der Waals surface area contributed by atoms with Gasteiger partial charge in [-0.25, -0.2) is 4.39 Å². The van der Waals surface area contributed by atoms with Crippen molar-refractivity contribution in [3.8, 4) is 5.75 Å². The normalized spacial score (nSPS) is 18.1. The van der Waals surface area contributed by atoms with E-state index in [1.807, 2.05) is 0 Å². The summed E-state index contributed by atoms with van der Waals surface area (Å²) in [4.78, 5) is 0. The number of ether oxygens (including phenoxy) is 2. The van der Waals surface area contributed by atoms with E-state index in [1.54, 1.807) is 0 Å². The molecule has 14 heavy (non-hydrogen) atoms. The first-order valence-electron chi connectivity index (χ1n) is 4.76. The van der Waals surface area contributed by atoms with Gasteiger partial charge in [-0.1, -0.05) is 6.07 Å². The van der Waals surface area contributed by atoms with E-state index in [-0.39, 0.29) is 11.9 Å². The van der Waals surface area contributed by atoms with Crippen molar-refractivity contribution in [3.05, 3.63) is 30.1 Å². The molecule has 2 nitrogen and oxygen atoms in total. The van der Waals surface area contributed by atoms with Crippen molar-refractivity contribution >= 4 is 0 Å². The maximum Gasteiger partial charge on any atom is 0.165 e. The summed E-state index contributed by atoms with van der Waals surface area (Å²) in [6, 6.07) is 7.22. The van der Waals surface area contributed by atoms with E-state index >= 15 is 0 Å². The highest BCUT2D eigenvalue weighted by Gasteiger charge is 2.16. The lowest BCUT2D eigenvalue weighted by atomic mass is 10.1. The van der Waals surface area contributed by atoms with E-state index in [4.69, 9.17) is 9.47 Å². The zero-order chi connectivity index (χ0) is 9.80. The highest BCUT2D eigenvalue weighted by atomic mass is 19.1. The van der Waals surface area contributed by atoms with Crippen LogP contribution >= 0.6 is 0 Å². The van der Waals surface area contributed by atoms with Gasteiger partial charge in [0.25, 0.3) is 0 Å². The fourth-order valence-corrected chi connectivity index (χ4v) is 1.46.